The Morgan fingerprint density at radius 2 is 1.92 bits per heavy atom. The smallest absolute Gasteiger partial charge is 0.0223 e. The molecule has 1 atom stereocenters. The lowest BCUT2D eigenvalue weighted by atomic mass is 10.1. The number of allylic oxidation sites excluding steroid dienone is 1. The molecule has 0 saturated carbocycles. The first-order chi connectivity index (χ1) is 5.31. The Balaban J connectivity index is 0. The second kappa shape index (κ2) is 11.0. The highest BCUT2D eigenvalue weighted by molar-refractivity contribution is 5.85. The number of hydrogen-bond acceptors (Lipinski definition) is 1. The molecule has 12 heavy (non-hydrogen) atoms. The number of hydrogen-bond donors (Lipinski definition) is 1. The molecule has 0 fully saturated rings. The minimum atomic E-state index is 0. The molecule has 0 aliphatic rings. The summed E-state index contributed by atoms with van der Waals surface area (Å²) in [6, 6.07) is 0.293. The highest BCUT2D eigenvalue weighted by atomic mass is 35.5. The van der Waals surface area contributed by atoms with E-state index in [-0.39, 0.29) is 12.4 Å². The zero-order valence-corrected chi connectivity index (χ0v) is 9.07. The highest BCUT2D eigenvalue weighted by Crippen LogP contribution is 2.00. The minimum absolute atomic E-state index is 0. The maximum Gasteiger partial charge on any atom is 0.0223 e. The molecule has 0 saturated heterocycles. The molecule has 0 rings (SSSR count). The summed E-state index contributed by atoms with van der Waals surface area (Å²) in [5.74, 6) is 0. The van der Waals surface area contributed by atoms with Gasteiger partial charge in [0.15, 0.2) is 0 Å². The van der Waals surface area contributed by atoms with E-state index in [1.807, 2.05) is 0 Å². The molecule has 2 N–H and O–H groups in total. The van der Waals surface area contributed by atoms with E-state index in [1.165, 1.54) is 25.7 Å². The summed E-state index contributed by atoms with van der Waals surface area (Å²) in [5, 5.41) is 0. The van der Waals surface area contributed by atoms with E-state index in [0.717, 1.165) is 6.42 Å². The van der Waals surface area contributed by atoms with Crippen molar-refractivity contribution >= 4 is 12.4 Å². The lowest BCUT2D eigenvalue weighted by Gasteiger charge is -2.03. The maximum absolute atomic E-state index is 5.81. The fraction of sp³-hybridized carbons (Fsp3) is 0.800. The van der Waals surface area contributed by atoms with E-state index in [1.54, 1.807) is 0 Å². The van der Waals surface area contributed by atoms with Crippen LogP contribution in [0.15, 0.2) is 12.2 Å². The van der Waals surface area contributed by atoms with E-state index >= 15 is 0 Å². The molecule has 0 aromatic carbocycles. The molecule has 0 spiro atoms. The Kier molecular flexibility index (Phi) is 13.3. The molecule has 1 nitrogen and oxygen atoms in total. The van der Waals surface area contributed by atoms with Crippen LogP contribution in [0.2, 0.25) is 0 Å². The van der Waals surface area contributed by atoms with Crippen LogP contribution >= 0.6 is 12.4 Å². The van der Waals surface area contributed by atoms with Gasteiger partial charge in [-0.2, -0.15) is 0 Å². The molecule has 0 bridgehead atoms. The topological polar surface area (TPSA) is 26.0 Å². The van der Waals surface area contributed by atoms with Gasteiger partial charge in [0.25, 0.3) is 0 Å². The predicted octanol–water partition coefficient (Wildman–Crippen LogP) is 3.28. The van der Waals surface area contributed by atoms with Crippen LogP contribution in [0.3, 0.4) is 0 Å². The van der Waals surface area contributed by atoms with Gasteiger partial charge in [0, 0.05) is 6.04 Å². The van der Waals surface area contributed by atoms with Crippen molar-refractivity contribution in [3.63, 3.8) is 0 Å². The molecule has 0 amide bonds. The van der Waals surface area contributed by atoms with Crippen molar-refractivity contribution in [2.24, 2.45) is 5.73 Å². The molecule has 0 aromatic rings. The van der Waals surface area contributed by atoms with E-state index in [2.05, 4.69) is 26.0 Å². The zero-order chi connectivity index (χ0) is 8.53. The summed E-state index contributed by atoms with van der Waals surface area (Å²) in [5.41, 5.74) is 5.81. The van der Waals surface area contributed by atoms with E-state index in [4.69, 9.17) is 5.73 Å². The summed E-state index contributed by atoms with van der Waals surface area (Å²) in [6.07, 6.45) is 10.3. The number of rotatable bonds is 6. The molecule has 0 aliphatic carbocycles. The fourth-order valence-electron chi connectivity index (χ4n) is 0.974. The van der Waals surface area contributed by atoms with Gasteiger partial charge in [0.2, 0.25) is 0 Å². The maximum atomic E-state index is 5.81. The minimum Gasteiger partial charge on any atom is -0.324 e. The number of unbranched alkanes of at least 4 members (excludes halogenated alkanes) is 2. The average molecular weight is 192 g/mol. The molecule has 2 heteroatoms. The third kappa shape index (κ3) is 9.99. The van der Waals surface area contributed by atoms with Gasteiger partial charge in [-0.05, 0) is 12.8 Å². The Morgan fingerprint density at radius 3 is 2.42 bits per heavy atom. The number of nitrogens with two attached hydrogens (primary N) is 1. The van der Waals surface area contributed by atoms with Crippen molar-refractivity contribution < 1.29 is 0 Å². The molecule has 74 valence electrons. The molecule has 0 heterocycles. The standard InChI is InChI=1S/C10H21N.ClH/c1-3-5-7-9-10(11)8-6-4-2;/h7,9-10H,3-6,8,11H2,1-2H3;1H. The van der Waals surface area contributed by atoms with Crippen molar-refractivity contribution in [2.45, 2.75) is 52.0 Å². The van der Waals surface area contributed by atoms with Crippen molar-refractivity contribution in [3.8, 4) is 0 Å². The molecular formula is C10H22ClN. The fourth-order valence-corrected chi connectivity index (χ4v) is 0.974. The van der Waals surface area contributed by atoms with Crippen LogP contribution in [0.5, 0.6) is 0 Å². The Morgan fingerprint density at radius 1 is 1.25 bits per heavy atom. The van der Waals surface area contributed by atoms with Crippen LogP contribution in [0, 0.1) is 0 Å². The van der Waals surface area contributed by atoms with Crippen LogP contribution in [-0.2, 0) is 0 Å². The van der Waals surface area contributed by atoms with E-state index < -0.39 is 0 Å². The van der Waals surface area contributed by atoms with Crippen LogP contribution in [0.25, 0.3) is 0 Å². The average Bonchev–Trinajstić information content (AvgIpc) is 2.01. The first-order valence-electron chi connectivity index (χ1n) is 4.73. The Labute approximate surface area is 82.8 Å². The van der Waals surface area contributed by atoms with Gasteiger partial charge in [0.1, 0.15) is 0 Å². The van der Waals surface area contributed by atoms with Gasteiger partial charge < -0.3 is 5.73 Å². The third-order valence-electron chi connectivity index (χ3n) is 1.73. The van der Waals surface area contributed by atoms with Crippen LogP contribution in [-0.4, -0.2) is 6.04 Å². The van der Waals surface area contributed by atoms with Gasteiger partial charge in [-0.3, -0.25) is 0 Å². The summed E-state index contributed by atoms with van der Waals surface area (Å²) < 4.78 is 0. The molecule has 0 radical (unpaired) electrons. The molecular weight excluding hydrogens is 170 g/mol. The van der Waals surface area contributed by atoms with Crippen molar-refractivity contribution in [3.05, 3.63) is 12.2 Å². The van der Waals surface area contributed by atoms with Crippen LogP contribution in [0.1, 0.15) is 46.0 Å². The predicted molar refractivity (Wildman–Crippen MR) is 58.8 cm³/mol. The normalized spacial score (nSPS) is 12.9. The molecule has 1 unspecified atom stereocenters. The summed E-state index contributed by atoms with van der Waals surface area (Å²) >= 11 is 0. The first-order valence-corrected chi connectivity index (χ1v) is 4.73. The quantitative estimate of drug-likeness (QED) is 0.641. The van der Waals surface area contributed by atoms with Gasteiger partial charge in [-0.1, -0.05) is 45.3 Å². The van der Waals surface area contributed by atoms with Crippen LogP contribution in [0.4, 0.5) is 0 Å². The lowest BCUT2D eigenvalue weighted by Crippen LogP contribution is -2.15. The Hall–Kier alpha value is -0.0100. The SMILES string of the molecule is CCCC=CC(N)CCCC.Cl. The van der Waals surface area contributed by atoms with Gasteiger partial charge >= 0.3 is 0 Å². The largest absolute Gasteiger partial charge is 0.324 e. The van der Waals surface area contributed by atoms with Crippen molar-refractivity contribution in [2.75, 3.05) is 0 Å². The van der Waals surface area contributed by atoms with Gasteiger partial charge in [-0.25, -0.2) is 0 Å². The van der Waals surface area contributed by atoms with E-state index in [9.17, 15) is 0 Å². The third-order valence-corrected chi connectivity index (χ3v) is 1.73. The monoisotopic (exact) mass is 191 g/mol. The van der Waals surface area contributed by atoms with Crippen molar-refractivity contribution in [1.29, 1.82) is 0 Å². The second-order valence-corrected chi connectivity index (χ2v) is 3.02. The van der Waals surface area contributed by atoms with E-state index in [0.29, 0.717) is 6.04 Å². The van der Waals surface area contributed by atoms with Gasteiger partial charge in [-0.15, -0.1) is 12.4 Å². The molecule has 0 aliphatic heterocycles. The zero-order valence-electron chi connectivity index (χ0n) is 8.25. The Bertz CT molecular complexity index is 102. The number of halogens is 1. The second-order valence-electron chi connectivity index (χ2n) is 3.02. The summed E-state index contributed by atoms with van der Waals surface area (Å²) in [4.78, 5) is 0. The summed E-state index contributed by atoms with van der Waals surface area (Å²) in [7, 11) is 0. The van der Waals surface area contributed by atoms with Crippen LogP contribution < -0.4 is 5.73 Å². The lowest BCUT2D eigenvalue weighted by molar-refractivity contribution is 0.653. The van der Waals surface area contributed by atoms with Crippen molar-refractivity contribution in [1.82, 2.24) is 0 Å². The van der Waals surface area contributed by atoms with Gasteiger partial charge in [0.05, 0.1) is 0 Å². The first kappa shape index (κ1) is 14.5. The summed E-state index contributed by atoms with van der Waals surface area (Å²) in [6.45, 7) is 4.38. The highest BCUT2D eigenvalue weighted by Gasteiger charge is 1.93. The molecule has 0 aromatic heterocycles.